The third kappa shape index (κ3) is 1.08. The molecule has 0 atom stereocenters. The summed E-state index contributed by atoms with van der Waals surface area (Å²) in [6.45, 7) is 1.25. The Morgan fingerprint density at radius 3 is 2.50 bits per heavy atom. The van der Waals surface area contributed by atoms with Crippen LogP contribution in [0.3, 0.4) is 0 Å². The van der Waals surface area contributed by atoms with Crippen LogP contribution in [0, 0.1) is 0 Å². The summed E-state index contributed by atoms with van der Waals surface area (Å²) in [6, 6.07) is 0. The molecule has 3 heteroatoms. The van der Waals surface area contributed by atoms with Gasteiger partial charge in [0.2, 0.25) is 0 Å². The van der Waals surface area contributed by atoms with E-state index < -0.39 is 0 Å². The van der Waals surface area contributed by atoms with Gasteiger partial charge in [0.15, 0.2) is 0 Å². The van der Waals surface area contributed by atoms with Gasteiger partial charge < -0.3 is 12.4 Å². The van der Waals surface area contributed by atoms with Gasteiger partial charge in [-0.1, -0.05) is 0 Å². The molecule has 1 aromatic rings. The standard InChI is InChI=1S/C3H3O2.ClH/c1-2-5-3-4-1;/h1-3H;1H/q+1;/p-1. The van der Waals surface area contributed by atoms with Crippen LogP contribution in [0.1, 0.15) is 0 Å². The average Bonchev–Trinajstić information content (AvgIpc) is 1.76. The maximum Gasteiger partial charge on any atom is 0.484 e. The molecule has 0 aromatic carbocycles. The van der Waals surface area contributed by atoms with Gasteiger partial charge in [0, 0.05) is 0 Å². The van der Waals surface area contributed by atoms with Crippen molar-refractivity contribution in [3.8, 4) is 0 Å². The third-order valence-electron chi connectivity index (χ3n) is 0.324. The highest BCUT2D eigenvalue weighted by atomic mass is 35.5. The Kier molecular flexibility index (Phi) is 2.50. The number of hydrogen-bond donors (Lipinski definition) is 0. The normalized spacial score (nSPS) is 6.67. The molecule has 2 nitrogen and oxygen atoms in total. The molecule has 1 aromatic heterocycles. The Morgan fingerprint density at radius 2 is 2.33 bits per heavy atom. The fourth-order valence-corrected chi connectivity index (χ4v) is 0.160. The molecular weight excluding hydrogens is 103 g/mol. The summed E-state index contributed by atoms with van der Waals surface area (Å²) >= 11 is 0. The first-order valence-corrected chi connectivity index (χ1v) is 1.28. The van der Waals surface area contributed by atoms with Crippen LogP contribution in [0.15, 0.2) is 27.8 Å². The van der Waals surface area contributed by atoms with Crippen molar-refractivity contribution < 1.29 is 21.2 Å². The minimum Gasteiger partial charge on any atom is -1.00 e. The van der Waals surface area contributed by atoms with Gasteiger partial charge in [-0.2, -0.15) is 0 Å². The second kappa shape index (κ2) is 2.72. The SMILES string of the molecule is [Cl-].c1c[o+]co1. The second-order valence-corrected chi connectivity index (χ2v) is 0.641. The summed E-state index contributed by atoms with van der Waals surface area (Å²) in [5.74, 6) is 0. The molecule has 0 N–H and O–H groups in total. The summed E-state index contributed by atoms with van der Waals surface area (Å²) in [4.78, 5) is 0. The lowest BCUT2D eigenvalue weighted by atomic mass is 11.1. The zero-order chi connectivity index (χ0) is 3.54. The number of hydrogen-bond acceptors (Lipinski definition) is 1. The lowest BCUT2D eigenvalue weighted by Gasteiger charge is -1.30. The molecular formula is C3H3ClO2. The summed E-state index contributed by atoms with van der Waals surface area (Å²) < 4.78 is 8.83. The molecule has 1 rings (SSSR count). The summed E-state index contributed by atoms with van der Waals surface area (Å²) in [6.07, 6.45) is 2.92. The Morgan fingerprint density at radius 1 is 1.50 bits per heavy atom. The highest BCUT2D eigenvalue weighted by Gasteiger charge is 1.76. The maximum absolute atomic E-state index is 4.42. The van der Waals surface area contributed by atoms with Crippen LogP contribution in [0.25, 0.3) is 0 Å². The van der Waals surface area contributed by atoms with Gasteiger partial charge in [0.25, 0.3) is 12.5 Å². The number of halogens is 1. The maximum atomic E-state index is 4.42. The molecule has 0 bridgehead atoms. The minimum atomic E-state index is 0. The molecule has 0 radical (unpaired) electrons. The topological polar surface area (TPSA) is 24.4 Å². The van der Waals surface area contributed by atoms with Crippen molar-refractivity contribution in [2.24, 2.45) is 0 Å². The predicted molar refractivity (Wildman–Crippen MR) is 15.4 cm³/mol. The third-order valence-corrected chi connectivity index (χ3v) is 0.324. The smallest absolute Gasteiger partial charge is 0.484 e. The van der Waals surface area contributed by atoms with Crippen molar-refractivity contribution in [1.82, 2.24) is 0 Å². The highest BCUT2D eigenvalue weighted by Crippen LogP contribution is 1.79. The van der Waals surface area contributed by atoms with E-state index in [2.05, 4.69) is 8.83 Å². The van der Waals surface area contributed by atoms with Crippen LogP contribution in [-0.4, -0.2) is 0 Å². The molecule has 0 saturated heterocycles. The minimum absolute atomic E-state index is 0. The van der Waals surface area contributed by atoms with Crippen molar-refractivity contribution in [1.29, 1.82) is 0 Å². The average molecular weight is 107 g/mol. The molecule has 1 heterocycles. The lowest BCUT2D eigenvalue weighted by molar-refractivity contribution is -0.00000198. The van der Waals surface area contributed by atoms with Crippen molar-refractivity contribution in [2.45, 2.75) is 0 Å². The molecule has 0 spiro atoms. The molecule has 0 fully saturated rings. The molecule has 0 amide bonds. The Hall–Kier alpha value is -0.500. The van der Waals surface area contributed by atoms with Crippen LogP contribution in [0.2, 0.25) is 0 Å². The fourth-order valence-electron chi connectivity index (χ4n) is 0.160. The quantitative estimate of drug-likeness (QED) is 0.363. The van der Waals surface area contributed by atoms with Crippen LogP contribution in [0.5, 0.6) is 0 Å². The monoisotopic (exact) mass is 106 g/mol. The fraction of sp³-hybridized carbons (Fsp3) is 0. The number of rotatable bonds is 0. The van der Waals surface area contributed by atoms with Crippen molar-refractivity contribution in [3.63, 3.8) is 0 Å². The molecule has 0 saturated carbocycles. The first-order valence-electron chi connectivity index (χ1n) is 1.28. The first-order chi connectivity index (χ1) is 2.50. The van der Waals surface area contributed by atoms with E-state index in [-0.39, 0.29) is 12.4 Å². The van der Waals surface area contributed by atoms with E-state index >= 15 is 0 Å². The van der Waals surface area contributed by atoms with Crippen molar-refractivity contribution in [2.75, 3.05) is 0 Å². The zero-order valence-corrected chi connectivity index (χ0v) is 3.68. The van der Waals surface area contributed by atoms with E-state index in [0.717, 1.165) is 0 Å². The molecule has 0 unspecified atom stereocenters. The molecule has 34 valence electrons. The Labute approximate surface area is 41.2 Å². The van der Waals surface area contributed by atoms with Crippen LogP contribution >= 0.6 is 0 Å². The molecule has 6 heavy (non-hydrogen) atoms. The molecule has 0 aliphatic carbocycles. The molecule has 0 aliphatic heterocycles. The van der Waals surface area contributed by atoms with E-state index in [1.54, 1.807) is 0 Å². The van der Waals surface area contributed by atoms with E-state index in [1.165, 1.54) is 19.0 Å². The predicted octanol–water partition coefficient (Wildman–Crippen LogP) is -1.84. The zero-order valence-electron chi connectivity index (χ0n) is 2.93. The van der Waals surface area contributed by atoms with Gasteiger partial charge in [0.1, 0.15) is 0 Å². The van der Waals surface area contributed by atoms with Crippen LogP contribution in [-0.2, 0) is 0 Å². The van der Waals surface area contributed by atoms with E-state index in [4.69, 9.17) is 0 Å². The Bertz CT molecular complexity index is 65.3. The van der Waals surface area contributed by atoms with Gasteiger partial charge >= 0.3 is 6.46 Å². The molecule has 0 aliphatic rings. The van der Waals surface area contributed by atoms with Gasteiger partial charge in [-0.3, -0.25) is 8.83 Å². The van der Waals surface area contributed by atoms with Crippen LogP contribution in [0.4, 0.5) is 0 Å². The largest absolute Gasteiger partial charge is 1.00 e. The Balaban J connectivity index is 0.000000250. The summed E-state index contributed by atoms with van der Waals surface area (Å²) in [7, 11) is 0. The van der Waals surface area contributed by atoms with Gasteiger partial charge in [-0.25, -0.2) is 0 Å². The van der Waals surface area contributed by atoms with Crippen molar-refractivity contribution >= 4 is 0 Å². The van der Waals surface area contributed by atoms with Gasteiger partial charge in [-0.05, 0) is 0 Å². The van der Waals surface area contributed by atoms with E-state index in [0.29, 0.717) is 0 Å². The van der Waals surface area contributed by atoms with Gasteiger partial charge in [0.05, 0.1) is 0 Å². The van der Waals surface area contributed by atoms with Crippen LogP contribution < -0.4 is 12.4 Å². The summed E-state index contributed by atoms with van der Waals surface area (Å²) in [5.41, 5.74) is 0. The van der Waals surface area contributed by atoms with Gasteiger partial charge in [-0.15, -0.1) is 0 Å². The van der Waals surface area contributed by atoms with Crippen molar-refractivity contribution in [3.05, 3.63) is 19.0 Å². The highest BCUT2D eigenvalue weighted by molar-refractivity contribution is 4.47. The van der Waals surface area contributed by atoms with E-state index in [9.17, 15) is 0 Å². The second-order valence-electron chi connectivity index (χ2n) is 0.641. The summed E-state index contributed by atoms with van der Waals surface area (Å²) in [5, 5.41) is 0. The first kappa shape index (κ1) is 5.50. The lowest BCUT2D eigenvalue weighted by Crippen LogP contribution is -3.00. The van der Waals surface area contributed by atoms with E-state index in [1.807, 2.05) is 0 Å².